The number of aryl methyl sites for hydroxylation is 1. The van der Waals surface area contributed by atoms with Crippen molar-refractivity contribution in [2.45, 2.75) is 39.8 Å². The third-order valence-electron chi connectivity index (χ3n) is 4.19. The van der Waals surface area contributed by atoms with Crippen LogP contribution >= 0.6 is 35.3 Å². The summed E-state index contributed by atoms with van der Waals surface area (Å²) in [6.45, 7) is 9.79. The van der Waals surface area contributed by atoms with Crippen molar-refractivity contribution >= 4 is 41.3 Å². The summed E-state index contributed by atoms with van der Waals surface area (Å²) >= 11 is 1.76. The average molecular weight is 501 g/mol. The first-order chi connectivity index (χ1) is 12.6. The molecule has 0 amide bonds. The number of aliphatic imine (C=N–C) groups is 1. The molecular weight excluding hydrogens is 469 g/mol. The van der Waals surface area contributed by atoms with E-state index in [1.165, 1.54) is 15.4 Å². The Hall–Kier alpha value is -1.19. The van der Waals surface area contributed by atoms with Crippen molar-refractivity contribution in [3.05, 3.63) is 52.0 Å². The summed E-state index contributed by atoms with van der Waals surface area (Å²) in [5.41, 5.74) is 1.33. The molecule has 0 fully saturated rings. The van der Waals surface area contributed by atoms with E-state index >= 15 is 0 Å². The van der Waals surface area contributed by atoms with Gasteiger partial charge in [-0.25, -0.2) is 4.98 Å². The number of halogens is 1. The van der Waals surface area contributed by atoms with Crippen LogP contribution in [0.3, 0.4) is 0 Å². The predicted molar refractivity (Wildman–Crippen MR) is 127 cm³/mol. The second-order valence-corrected chi connectivity index (χ2v) is 7.83. The highest BCUT2D eigenvalue weighted by Gasteiger charge is 2.09. The van der Waals surface area contributed by atoms with Gasteiger partial charge in [-0.15, -0.1) is 35.3 Å². The molecule has 1 atom stereocenters. The summed E-state index contributed by atoms with van der Waals surface area (Å²) in [5, 5.41) is 7.90. The van der Waals surface area contributed by atoms with Gasteiger partial charge < -0.3 is 10.6 Å². The van der Waals surface area contributed by atoms with Crippen molar-refractivity contribution in [2.24, 2.45) is 4.99 Å². The fourth-order valence-electron chi connectivity index (χ4n) is 2.54. The highest BCUT2D eigenvalue weighted by Crippen LogP contribution is 2.11. The van der Waals surface area contributed by atoms with Crippen LogP contribution in [0.5, 0.6) is 0 Å². The molecule has 2 aromatic rings. The van der Waals surface area contributed by atoms with Crippen LogP contribution in [0, 0.1) is 6.92 Å². The molecule has 0 aliphatic heterocycles. The molecular formula is C20H32IN5S. The molecule has 1 aromatic heterocycles. The number of hydrogen-bond donors (Lipinski definition) is 2. The maximum absolute atomic E-state index is 4.75. The van der Waals surface area contributed by atoms with Gasteiger partial charge in [-0.1, -0.05) is 30.3 Å². The summed E-state index contributed by atoms with van der Waals surface area (Å²) in [6, 6.07) is 10.9. The zero-order valence-electron chi connectivity index (χ0n) is 16.7. The third kappa shape index (κ3) is 9.03. The third-order valence-corrected chi connectivity index (χ3v) is 5.16. The topological polar surface area (TPSA) is 52.6 Å². The molecule has 27 heavy (non-hydrogen) atoms. The smallest absolute Gasteiger partial charge is 0.191 e. The summed E-state index contributed by atoms with van der Waals surface area (Å²) in [5.74, 6) is 0.876. The van der Waals surface area contributed by atoms with E-state index in [0.717, 1.165) is 38.6 Å². The summed E-state index contributed by atoms with van der Waals surface area (Å²) < 4.78 is 0. The molecule has 1 aromatic carbocycles. The van der Waals surface area contributed by atoms with Gasteiger partial charge in [0.15, 0.2) is 5.96 Å². The summed E-state index contributed by atoms with van der Waals surface area (Å²) in [4.78, 5) is 12.7. The van der Waals surface area contributed by atoms with Crippen LogP contribution in [0.15, 0.2) is 41.5 Å². The lowest BCUT2D eigenvalue weighted by Crippen LogP contribution is -2.40. The van der Waals surface area contributed by atoms with Crippen LogP contribution in [0.25, 0.3) is 0 Å². The van der Waals surface area contributed by atoms with Crippen molar-refractivity contribution in [1.29, 1.82) is 0 Å². The number of thiazole rings is 1. The maximum atomic E-state index is 4.75. The molecule has 150 valence electrons. The van der Waals surface area contributed by atoms with Crippen molar-refractivity contribution in [3.63, 3.8) is 0 Å². The molecule has 0 aliphatic carbocycles. The Morgan fingerprint density at radius 2 is 2.00 bits per heavy atom. The van der Waals surface area contributed by atoms with Crippen LogP contribution in [0.1, 0.15) is 29.3 Å². The molecule has 5 nitrogen and oxygen atoms in total. The van der Waals surface area contributed by atoms with Crippen molar-refractivity contribution in [3.8, 4) is 0 Å². The number of rotatable bonds is 9. The normalized spacial score (nSPS) is 12.6. The molecule has 2 N–H and O–H groups in total. The molecule has 0 aliphatic rings. The van der Waals surface area contributed by atoms with Gasteiger partial charge in [-0.05, 0) is 33.4 Å². The zero-order chi connectivity index (χ0) is 18.8. The highest BCUT2D eigenvalue weighted by atomic mass is 127. The van der Waals surface area contributed by atoms with Crippen molar-refractivity contribution in [1.82, 2.24) is 20.5 Å². The summed E-state index contributed by atoms with van der Waals surface area (Å²) in [6.07, 6.45) is 2.86. The monoisotopic (exact) mass is 501 g/mol. The van der Waals surface area contributed by atoms with Gasteiger partial charge in [0.2, 0.25) is 0 Å². The quantitative estimate of drug-likeness (QED) is 0.313. The number of likely N-dealkylation sites (N-methyl/N-ethyl adjacent to an activating group) is 1. The van der Waals surface area contributed by atoms with Crippen molar-refractivity contribution < 1.29 is 0 Å². The number of hydrogen-bond acceptors (Lipinski definition) is 4. The van der Waals surface area contributed by atoms with E-state index in [9.17, 15) is 0 Å². The fraction of sp³-hybridized carbons (Fsp3) is 0.500. The Balaban J connectivity index is 0.00000364. The first-order valence-corrected chi connectivity index (χ1v) is 10.1. The summed E-state index contributed by atoms with van der Waals surface area (Å²) in [7, 11) is 2.15. The van der Waals surface area contributed by atoms with E-state index in [2.05, 4.69) is 78.7 Å². The zero-order valence-corrected chi connectivity index (χ0v) is 19.9. The van der Waals surface area contributed by atoms with Gasteiger partial charge in [-0.2, -0.15) is 0 Å². The minimum absolute atomic E-state index is 0. The lowest BCUT2D eigenvalue weighted by atomic mass is 10.2. The lowest BCUT2D eigenvalue weighted by molar-refractivity contribution is 0.255. The van der Waals surface area contributed by atoms with Crippen LogP contribution in [0.2, 0.25) is 0 Å². The number of nitrogens with one attached hydrogen (secondary N) is 2. The largest absolute Gasteiger partial charge is 0.357 e. The Labute approximate surface area is 184 Å². The molecule has 7 heteroatoms. The van der Waals surface area contributed by atoms with Gasteiger partial charge in [0.1, 0.15) is 0 Å². The molecule has 2 rings (SSSR count). The first kappa shape index (κ1) is 23.8. The van der Waals surface area contributed by atoms with Crippen LogP contribution in [-0.2, 0) is 13.0 Å². The molecule has 1 heterocycles. The molecule has 0 spiro atoms. The molecule has 0 saturated carbocycles. The van der Waals surface area contributed by atoms with E-state index in [1.807, 2.05) is 6.20 Å². The Morgan fingerprint density at radius 3 is 2.63 bits per heavy atom. The first-order valence-electron chi connectivity index (χ1n) is 9.26. The Bertz CT molecular complexity index is 674. The van der Waals surface area contributed by atoms with E-state index in [4.69, 9.17) is 4.99 Å². The highest BCUT2D eigenvalue weighted by molar-refractivity contribution is 14.0. The fourth-order valence-corrected chi connectivity index (χ4v) is 3.32. The number of aromatic nitrogens is 1. The van der Waals surface area contributed by atoms with Gasteiger partial charge >= 0.3 is 0 Å². The standard InChI is InChI=1S/C20H31N5S.HI/c1-5-21-20(22-12-11-19-23-14-17(3)26-19)24-13-16(2)25(4)15-18-9-7-6-8-10-18;/h6-10,14,16H,5,11-13,15H2,1-4H3,(H2,21,22,24);1H. The molecule has 1 unspecified atom stereocenters. The minimum Gasteiger partial charge on any atom is -0.357 e. The van der Waals surface area contributed by atoms with E-state index in [1.54, 1.807) is 11.3 Å². The Morgan fingerprint density at radius 1 is 1.26 bits per heavy atom. The van der Waals surface area contributed by atoms with E-state index < -0.39 is 0 Å². The van der Waals surface area contributed by atoms with Crippen molar-refractivity contribution in [2.75, 3.05) is 26.7 Å². The van der Waals surface area contributed by atoms with Gasteiger partial charge in [0.25, 0.3) is 0 Å². The van der Waals surface area contributed by atoms with Gasteiger partial charge in [-0.3, -0.25) is 9.89 Å². The molecule has 0 radical (unpaired) electrons. The second-order valence-electron chi connectivity index (χ2n) is 6.51. The van der Waals surface area contributed by atoms with Crippen LogP contribution in [-0.4, -0.2) is 48.6 Å². The van der Waals surface area contributed by atoms with E-state index in [-0.39, 0.29) is 24.0 Å². The molecule has 0 bridgehead atoms. The minimum atomic E-state index is 0. The predicted octanol–water partition coefficient (Wildman–Crippen LogP) is 3.69. The number of nitrogens with zero attached hydrogens (tertiary/aromatic N) is 3. The van der Waals surface area contributed by atoms with Gasteiger partial charge in [0, 0.05) is 43.2 Å². The van der Waals surface area contributed by atoms with Crippen LogP contribution < -0.4 is 10.6 Å². The SMILES string of the molecule is CCNC(=NCC(C)N(C)Cc1ccccc1)NCCc1ncc(C)s1.I. The van der Waals surface area contributed by atoms with E-state index in [0.29, 0.717) is 6.04 Å². The number of guanidine groups is 1. The maximum Gasteiger partial charge on any atom is 0.191 e. The Kier molecular flexibility index (Phi) is 11.5. The van der Waals surface area contributed by atoms with Crippen LogP contribution in [0.4, 0.5) is 0 Å². The van der Waals surface area contributed by atoms with Gasteiger partial charge in [0.05, 0.1) is 11.6 Å². The molecule has 0 saturated heterocycles. The number of benzene rings is 1. The second kappa shape index (κ2) is 13.1. The average Bonchev–Trinajstić information content (AvgIpc) is 3.05. The lowest BCUT2D eigenvalue weighted by Gasteiger charge is -2.23.